The maximum atomic E-state index is 12.4. The van der Waals surface area contributed by atoms with Gasteiger partial charge in [0.2, 0.25) is 5.91 Å². The van der Waals surface area contributed by atoms with E-state index in [2.05, 4.69) is 6.08 Å². The molecular weight excluding hydrogens is 366 g/mol. The number of hydrogen-bond donors (Lipinski definition) is 2. The predicted octanol–water partition coefficient (Wildman–Crippen LogP) is 3.81. The molecule has 0 aromatic heterocycles. The molecule has 2 atom stereocenters. The first-order valence-corrected chi connectivity index (χ1v) is 10.9. The Morgan fingerprint density at radius 2 is 1.93 bits per heavy atom. The number of hydrogen-bond acceptors (Lipinski definition) is 3. The van der Waals surface area contributed by atoms with E-state index in [0.29, 0.717) is 19.4 Å². The number of amides is 1. The molecule has 4 rings (SSSR count). The Morgan fingerprint density at radius 3 is 2.52 bits per heavy atom. The van der Waals surface area contributed by atoms with Gasteiger partial charge < -0.3 is 15.1 Å². The summed E-state index contributed by atoms with van der Waals surface area (Å²) in [4.78, 5) is 25.2. The molecule has 5 heteroatoms. The van der Waals surface area contributed by atoms with Gasteiger partial charge in [-0.25, -0.2) is 4.79 Å². The Kier molecular flexibility index (Phi) is 5.77. The Hall–Kier alpha value is -2.14. The Labute approximate surface area is 172 Å². The standard InChI is InChI=1S/C24H31NO4/c26-21(24(13-1-14-24)16-18-2-3-18)10-8-20-9-11-22(27)25(20)15-12-17-4-6-19(7-5-17)23(28)29/h4-8,10,18,20-21,26H,1-3,9,11-16H2,(H,28,29)/t20-,21-/m0/s1. The van der Waals surface area contributed by atoms with Crippen LogP contribution in [0.2, 0.25) is 0 Å². The molecule has 1 aliphatic heterocycles. The number of likely N-dealkylation sites (tertiary alicyclic amines) is 1. The molecule has 1 aromatic rings. The number of aliphatic hydroxyl groups is 1. The number of aromatic carboxylic acids is 1. The average Bonchev–Trinajstić information content (AvgIpc) is 3.43. The number of rotatable bonds is 9. The van der Waals surface area contributed by atoms with Gasteiger partial charge in [0.15, 0.2) is 0 Å². The average molecular weight is 398 g/mol. The van der Waals surface area contributed by atoms with Crippen molar-refractivity contribution in [3.63, 3.8) is 0 Å². The van der Waals surface area contributed by atoms with E-state index in [1.165, 1.54) is 19.3 Å². The van der Waals surface area contributed by atoms with Gasteiger partial charge in [0.1, 0.15) is 0 Å². The molecule has 2 N–H and O–H groups in total. The third kappa shape index (κ3) is 4.55. The lowest BCUT2D eigenvalue weighted by Crippen LogP contribution is -2.41. The highest BCUT2D eigenvalue weighted by Crippen LogP contribution is 2.53. The molecule has 2 aliphatic carbocycles. The van der Waals surface area contributed by atoms with Crippen molar-refractivity contribution in [2.45, 2.75) is 69.9 Å². The maximum absolute atomic E-state index is 12.4. The first-order valence-electron chi connectivity index (χ1n) is 10.9. The monoisotopic (exact) mass is 397 g/mol. The van der Waals surface area contributed by atoms with E-state index in [4.69, 9.17) is 5.11 Å². The predicted molar refractivity (Wildman–Crippen MR) is 111 cm³/mol. The minimum Gasteiger partial charge on any atom is -0.478 e. The molecule has 0 bridgehead atoms. The van der Waals surface area contributed by atoms with Crippen LogP contribution in [0.25, 0.3) is 0 Å². The third-order valence-corrected chi connectivity index (χ3v) is 7.10. The molecule has 5 nitrogen and oxygen atoms in total. The third-order valence-electron chi connectivity index (χ3n) is 7.10. The molecular formula is C24H31NO4. The van der Waals surface area contributed by atoms with Gasteiger partial charge in [-0.05, 0) is 55.7 Å². The van der Waals surface area contributed by atoms with E-state index in [1.807, 2.05) is 23.1 Å². The second kappa shape index (κ2) is 8.31. The van der Waals surface area contributed by atoms with Crippen LogP contribution in [0.15, 0.2) is 36.4 Å². The Morgan fingerprint density at radius 1 is 1.21 bits per heavy atom. The summed E-state index contributed by atoms with van der Waals surface area (Å²) in [7, 11) is 0. The zero-order valence-electron chi connectivity index (χ0n) is 16.9. The van der Waals surface area contributed by atoms with Crippen molar-refractivity contribution in [2.24, 2.45) is 11.3 Å². The van der Waals surface area contributed by atoms with Crippen molar-refractivity contribution < 1.29 is 19.8 Å². The second-order valence-electron chi connectivity index (χ2n) is 9.14. The first kappa shape index (κ1) is 20.1. The Bertz CT molecular complexity index is 777. The normalized spacial score (nSPS) is 24.7. The summed E-state index contributed by atoms with van der Waals surface area (Å²) in [5.41, 5.74) is 1.38. The van der Waals surface area contributed by atoms with E-state index in [0.717, 1.165) is 37.2 Å². The van der Waals surface area contributed by atoms with Gasteiger partial charge in [-0.2, -0.15) is 0 Å². The van der Waals surface area contributed by atoms with Crippen molar-refractivity contribution >= 4 is 11.9 Å². The van der Waals surface area contributed by atoms with Crippen LogP contribution in [-0.4, -0.2) is 45.7 Å². The van der Waals surface area contributed by atoms with E-state index >= 15 is 0 Å². The molecule has 3 fully saturated rings. The van der Waals surface area contributed by atoms with Crippen LogP contribution in [0.1, 0.15) is 67.3 Å². The van der Waals surface area contributed by atoms with Crippen LogP contribution < -0.4 is 0 Å². The van der Waals surface area contributed by atoms with Gasteiger partial charge in [0, 0.05) is 18.4 Å². The molecule has 1 amide bonds. The van der Waals surface area contributed by atoms with E-state index in [1.54, 1.807) is 12.1 Å². The lowest BCUT2D eigenvalue weighted by atomic mass is 9.62. The van der Waals surface area contributed by atoms with E-state index < -0.39 is 12.1 Å². The quantitative estimate of drug-likeness (QED) is 0.621. The highest BCUT2D eigenvalue weighted by Gasteiger charge is 2.45. The summed E-state index contributed by atoms with van der Waals surface area (Å²) in [6.07, 6.45) is 12.9. The summed E-state index contributed by atoms with van der Waals surface area (Å²) in [6.45, 7) is 0.615. The largest absolute Gasteiger partial charge is 0.478 e. The van der Waals surface area contributed by atoms with Crippen LogP contribution in [0.4, 0.5) is 0 Å². The number of benzene rings is 1. The summed E-state index contributed by atoms with van der Waals surface area (Å²) in [5, 5.41) is 19.9. The minimum absolute atomic E-state index is 0.0495. The highest BCUT2D eigenvalue weighted by atomic mass is 16.4. The lowest BCUT2D eigenvalue weighted by molar-refractivity contribution is -0.128. The van der Waals surface area contributed by atoms with Crippen LogP contribution >= 0.6 is 0 Å². The summed E-state index contributed by atoms with van der Waals surface area (Å²) in [5.74, 6) is 0.0454. The maximum Gasteiger partial charge on any atom is 0.335 e. The van der Waals surface area contributed by atoms with Gasteiger partial charge in [0.05, 0.1) is 17.7 Å². The van der Waals surface area contributed by atoms with Crippen molar-refractivity contribution in [1.29, 1.82) is 0 Å². The fraction of sp³-hybridized carbons (Fsp3) is 0.583. The zero-order chi connectivity index (χ0) is 20.4. The highest BCUT2D eigenvalue weighted by molar-refractivity contribution is 5.87. The van der Waals surface area contributed by atoms with Crippen molar-refractivity contribution in [2.75, 3.05) is 6.54 Å². The minimum atomic E-state index is -0.930. The van der Waals surface area contributed by atoms with E-state index in [9.17, 15) is 14.7 Å². The summed E-state index contributed by atoms with van der Waals surface area (Å²) in [6, 6.07) is 6.89. The topological polar surface area (TPSA) is 77.8 Å². The van der Waals surface area contributed by atoms with Gasteiger partial charge in [-0.15, -0.1) is 0 Å². The molecule has 3 aliphatic rings. The number of carbonyl (C=O) groups excluding carboxylic acids is 1. The second-order valence-corrected chi connectivity index (χ2v) is 9.14. The van der Waals surface area contributed by atoms with Gasteiger partial charge in [-0.3, -0.25) is 4.79 Å². The molecule has 0 radical (unpaired) electrons. The number of carboxylic acid groups (broad SMARTS) is 1. The number of aliphatic hydroxyl groups excluding tert-OH is 1. The fourth-order valence-corrected chi connectivity index (χ4v) is 4.90. The van der Waals surface area contributed by atoms with Crippen LogP contribution in [0.5, 0.6) is 0 Å². The van der Waals surface area contributed by atoms with Crippen molar-refractivity contribution in [3.8, 4) is 0 Å². The molecule has 1 heterocycles. The molecule has 1 aromatic carbocycles. The number of nitrogens with zero attached hydrogens (tertiary/aromatic N) is 1. The summed E-state index contributed by atoms with van der Waals surface area (Å²) < 4.78 is 0. The molecule has 2 saturated carbocycles. The lowest BCUT2D eigenvalue weighted by Gasteiger charge is -2.45. The summed E-state index contributed by atoms with van der Waals surface area (Å²) >= 11 is 0. The fourth-order valence-electron chi connectivity index (χ4n) is 4.90. The Balaban J connectivity index is 1.35. The van der Waals surface area contributed by atoms with E-state index in [-0.39, 0.29) is 22.9 Å². The number of carboxylic acids is 1. The zero-order valence-corrected chi connectivity index (χ0v) is 16.9. The first-order chi connectivity index (χ1) is 14.0. The molecule has 29 heavy (non-hydrogen) atoms. The molecule has 0 unspecified atom stereocenters. The van der Waals surface area contributed by atoms with Crippen molar-refractivity contribution in [3.05, 3.63) is 47.5 Å². The number of carbonyl (C=O) groups is 2. The molecule has 156 valence electrons. The van der Waals surface area contributed by atoms with Gasteiger partial charge in [0.25, 0.3) is 0 Å². The van der Waals surface area contributed by atoms with Crippen LogP contribution in [0.3, 0.4) is 0 Å². The van der Waals surface area contributed by atoms with Gasteiger partial charge >= 0.3 is 5.97 Å². The molecule has 1 saturated heterocycles. The SMILES string of the molecule is O=C(O)c1ccc(CCN2C(=O)CC[C@@H]2C=C[C@H](O)C2(CC3CC3)CCC2)cc1. The van der Waals surface area contributed by atoms with Crippen molar-refractivity contribution in [1.82, 2.24) is 4.90 Å². The van der Waals surface area contributed by atoms with Crippen LogP contribution in [-0.2, 0) is 11.2 Å². The van der Waals surface area contributed by atoms with Crippen LogP contribution in [0, 0.1) is 11.3 Å². The molecule has 0 spiro atoms. The van der Waals surface area contributed by atoms with Gasteiger partial charge in [-0.1, -0.05) is 43.5 Å². The smallest absolute Gasteiger partial charge is 0.335 e.